The lowest BCUT2D eigenvalue weighted by atomic mass is 10.3. The van der Waals surface area contributed by atoms with E-state index in [2.05, 4.69) is 5.10 Å². The van der Waals surface area contributed by atoms with E-state index in [1.165, 1.54) is 18.2 Å². The average molecular weight is 353 g/mol. The Bertz CT molecular complexity index is 656. The minimum Gasteiger partial charge on any atom is -0.477 e. The summed E-state index contributed by atoms with van der Waals surface area (Å²) in [5.41, 5.74) is -0.664. The lowest BCUT2D eigenvalue weighted by Crippen LogP contribution is -2.10. The van der Waals surface area contributed by atoms with Gasteiger partial charge in [-0.15, -0.1) is 0 Å². The Morgan fingerprint density at radius 2 is 2.00 bits per heavy atom. The highest BCUT2D eigenvalue weighted by Crippen LogP contribution is 2.38. The molecule has 0 aliphatic heterocycles. The van der Waals surface area contributed by atoms with Gasteiger partial charge in [0.05, 0.1) is 23.5 Å². The third-order valence-corrected chi connectivity index (χ3v) is 3.44. The molecule has 0 unspecified atom stereocenters. The minimum absolute atomic E-state index is 0.163. The molecule has 120 valence electrons. The van der Waals surface area contributed by atoms with Crippen molar-refractivity contribution in [1.82, 2.24) is 9.78 Å². The molecule has 2 rings (SSSR count). The normalized spacial score (nSPS) is 11.7. The molecule has 0 bridgehead atoms. The first-order valence-electron chi connectivity index (χ1n) is 6.58. The van der Waals surface area contributed by atoms with Gasteiger partial charge in [-0.1, -0.05) is 36.5 Å². The third-order valence-electron chi connectivity index (χ3n) is 2.91. The van der Waals surface area contributed by atoms with Crippen molar-refractivity contribution in [3.8, 4) is 11.6 Å². The molecule has 0 N–H and O–H groups in total. The number of halogens is 5. The van der Waals surface area contributed by atoms with Gasteiger partial charge in [0, 0.05) is 5.02 Å². The predicted octanol–water partition coefficient (Wildman–Crippen LogP) is 5.38. The quantitative estimate of drug-likeness (QED) is 0.675. The van der Waals surface area contributed by atoms with E-state index in [0.29, 0.717) is 11.4 Å². The number of aromatic nitrogens is 2. The Hall–Kier alpha value is -1.40. The third kappa shape index (κ3) is 3.67. The Labute approximate surface area is 135 Å². The van der Waals surface area contributed by atoms with E-state index in [1.54, 1.807) is 0 Å². The van der Waals surface area contributed by atoms with E-state index < -0.39 is 11.7 Å². The van der Waals surface area contributed by atoms with E-state index in [1.807, 2.05) is 6.92 Å². The van der Waals surface area contributed by atoms with Crippen molar-refractivity contribution >= 4 is 23.2 Å². The molecule has 3 nitrogen and oxygen atoms in total. The maximum absolute atomic E-state index is 13.1. The van der Waals surface area contributed by atoms with Gasteiger partial charge in [-0.05, 0) is 24.6 Å². The van der Waals surface area contributed by atoms with Crippen molar-refractivity contribution in [2.75, 3.05) is 6.61 Å². The molecule has 0 atom stereocenters. The predicted molar refractivity (Wildman–Crippen MR) is 79.0 cm³/mol. The molecule has 2 aromatic rings. The van der Waals surface area contributed by atoms with Gasteiger partial charge in [-0.3, -0.25) is 0 Å². The van der Waals surface area contributed by atoms with E-state index >= 15 is 0 Å². The number of alkyl halides is 3. The number of benzene rings is 1. The van der Waals surface area contributed by atoms with Crippen LogP contribution in [-0.2, 0) is 6.18 Å². The molecule has 1 heterocycles. The van der Waals surface area contributed by atoms with Crippen molar-refractivity contribution in [2.45, 2.75) is 25.9 Å². The zero-order valence-corrected chi connectivity index (χ0v) is 13.1. The highest BCUT2D eigenvalue weighted by Gasteiger charge is 2.38. The van der Waals surface area contributed by atoms with E-state index in [-0.39, 0.29) is 23.2 Å². The second-order valence-electron chi connectivity index (χ2n) is 4.57. The topological polar surface area (TPSA) is 27.1 Å². The van der Waals surface area contributed by atoms with Crippen molar-refractivity contribution < 1.29 is 17.9 Å². The lowest BCUT2D eigenvalue weighted by Gasteiger charge is -2.13. The van der Waals surface area contributed by atoms with Crippen molar-refractivity contribution in [3.05, 3.63) is 40.0 Å². The summed E-state index contributed by atoms with van der Waals surface area (Å²) >= 11 is 11.8. The summed E-state index contributed by atoms with van der Waals surface area (Å²) < 4.78 is 45.5. The monoisotopic (exact) mass is 352 g/mol. The molecule has 0 aliphatic carbocycles. The molecule has 22 heavy (non-hydrogen) atoms. The molecule has 0 saturated carbocycles. The lowest BCUT2D eigenvalue weighted by molar-refractivity contribution is -0.139. The number of ether oxygens (including phenoxy) is 1. The first-order chi connectivity index (χ1) is 10.3. The Morgan fingerprint density at radius 1 is 1.27 bits per heavy atom. The molecule has 0 fully saturated rings. The maximum atomic E-state index is 13.1. The van der Waals surface area contributed by atoms with E-state index in [9.17, 15) is 13.2 Å². The van der Waals surface area contributed by atoms with Crippen LogP contribution in [0.5, 0.6) is 5.88 Å². The summed E-state index contributed by atoms with van der Waals surface area (Å²) in [6.45, 7) is 2.08. The minimum atomic E-state index is -4.56. The van der Waals surface area contributed by atoms with Gasteiger partial charge >= 0.3 is 6.18 Å². The van der Waals surface area contributed by atoms with Gasteiger partial charge in [0.15, 0.2) is 0 Å². The molecule has 1 aromatic heterocycles. The van der Waals surface area contributed by atoms with Gasteiger partial charge in [0.25, 0.3) is 0 Å². The SMILES string of the molecule is CCCCOc1c(C(F)(F)F)cnn1-c1ccc(Cl)cc1Cl. The fourth-order valence-electron chi connectivity index (χ4n) is 1.81. The van der Waals surface area contributed by atoms with Gasteiger partial charge in [0.2, 0.25) is 5.88 Å². The second kappa shape index (κ2) is 6.79. The van der Waals surface area contributed by atoms with Crippen LogP contribution in [0.1, 0.15) is 25.3 Å². The average Bonchev–Trinajstić information content (AvgIpc) is 2.83. The maximum Gasteiger partial charge on any atom is 0.423 e. The Kier molecular flexibility index (Phi) is 5.24. The molecular formula is C14H13Cl2F3N2O. The van der Waals surface area contributed by atoms with Crippen LogP contribution in [0.3, 0.4) is 0 Å². The molecule has 0 saturated heterocycles. The van der Waals surface area contributed by atoms with Gasteiger partial charge in [0.1, 0.15) is 5.56 Å². The highest BCUT2D eigenvalue weighted by atomic mass is 35.5. The number of hydrogen-bond acceptors (Lipinski definition) is 2. The smallest absolute Gasteiger partial charge is 0.423 e. The zero-order chi connectivity index (χ0) is 16.3. The molecular weight excluding hydrogens is 340 g/mol. The van der Waals surface area contributed by atoms with Crippen LogP contribution < -0.4 is 4.74 Å². The Morgan fingerprint density at radius 3 is 2.59 bits per heavy atom. The summed E-state index contributed by atoms with van der Waals surface area (Å²) in [4.78, 5) is 0. The number of unbranched alkanes of at least 4 members (excludes halogenated alkanes) is 1. The van der Waals surface area contributed by atoms with Crippen molar-refractivity contribution in [3.63, 3.8) is 0 Å². The molecule has 0 amide bonds. The molecule has 0 aliphatic rings. The summed E-state index contributed by atoms with van der Waals surface area (Å²) in [5.74, 6) is -0.370. The van der Waals surface area contributed by atoms with Crippen LogP contribution in [0.2, 0.25) is 10.0 Å². The zero-order valence-electron chi connectivity index (χ0n) is 11.6. The number of rotatable bonds is 5. The van der Waals surface area contributed by atoms with E-state index in [0.717, 1.165) is 17.3 Å². The van der Waals surface area contributed by atoms with Gasteiger partial charge in [-0.25, -0.2) is 0 Å². The molecule has 0 radical (unpaired) electrons. The fourth-order valence-corrected chi connectivity index (χ4v) is 2.30. The molecule has 8 heteroatoms. The molecule has 1 aromatic carbocycles. The first kappa shape index (κ1) is 17.0. The van der Waals surface area contributed by atoms with Crippen LogP contribution >= 0.6 is 23.2 Å². The van der Waals surface area contributed by atoms with E-state index in [4.69, 9.17) is 27.9 Å². The van der Waals surface area contributed by atoms with Gasteiger partial charge < -0.3 is 4.74 Å². The van der Waals surface area contributed by atoms with Crippen LogP contribution in [0.15, 0.2) is 24.4 Å². The largest absolute Gasteiger partial charge is 0.477 e. The standard InChI is InChI=1S/C14H13Cl2F3N2O/c1-2-3-6-22-13-10(14(17,18)19)8-20-21(13)12-5-4-9(15)7-11(12)16/h4-5,7-8H,2-3,6H2,1H3. The van der Waals surface area contributed by atoms with Crippen LogP contribution in [0.25, 0.3) is 5.69 Å². The number of hydrogen-bond donors (Lipinski definition) is 0. The first-order valence-corrected chi connectivity index (χ1v) is 7.33. The fraction of sp³-hybridized carbons (Fsp3) is 0.357. The van der Waals surface area contributed by atoms with Gasteiger partial charge in [-0.2, -0.15) is 23.0 Å². The molecule has 0 spiro atoms. The van der Waals surface area contributed by atoms with Crippen LogP contribution in [0, 0.1) is 0 Å². The van der Waals surface area contributed by atoms with Crippen molar-refractivity contribution in [2.24, 2.45) is 0 Å². The highest BCUT2D eigenvalue weighted by molar-refractivity contribution is 6.35. The van der Waals surface area contributed by atoms with Crippen LogP contribution in [-0.4, -0.2) is 16.4 Å². The summed E-state index contributed by atoms with van der Waals surface area (Å²) in [7, 11) is 0. The van der Waals surface area contributed by atoms with Crippen molar-refractivity contribution in [1.29, 1.82) is 0 Å². The summed E-state index contributed by atoms with van der Waals surface area (Å²) in [6, 6.07) is 4.45. The second-order valence-corrected chi connectivity index (χ2v) is 5.41. The summed E-state index contributed by atoms with van der Waals surface area (Å²) in [5, 5.41) is 4.33. The number of nitrogens with zero attached hydrogens (tertiary/aromatic N) is 2. The Balaban J connectivity index is 2.48. The summed E-state index contributed by atoms with van der Waals surface area (Å²) in [6.07, 6.45) is -2.39. The van der Waals surface area contributed by atoms with Crippen LogP contribution in [0.4, 0.5) is 13.2 Å².